The molecular formula is C26H36ClN3O4. The minimum absolute atomic E-state index is 0. The molecular weight excluding hydrogens is 454 g/mol. The molecule has 186 valence electrons. The highest BCUT2D eigenvalue weighted by Gasteiger charge is 2.22. The quantitative estimate of drug-likeness (QED) is 0.256. The molecule has 3 rings (SSSR count). The Morgan fingerprint density at radius 1 is 1.09 bits per heavy atom. The van der Waals surface area contributed by atoms with Crippen LogP contribution in [0.2, 0.25) is 0 Å². The molecule has 0 aliphatic rings. The van der Waals surface area contributed by atoms with Crippen molar-refractivity contribution in [2.24, 2.45) is 7.05 Å². The number of aryl methyl sites for hydroxylation is 1. The van der Waals surface area contributed by atoms with E-state index in [0.29, 0.717) is 17.7 Å². The van der Waals surface area contributed by atoms with E-state index in [2.05, 4.69) is 27.9 Å². The van der Waals surface area contributed by atoms with Gasteiger partial charge < -0.3 is 25.1 Å². The molecule has 4 N–H and O–H groups in total. The number of hydrogen-bond donors (Lipinski definition) is 4. The van der Waals surface area contributed by atoms with Gasteiger partial charge in [0.2, 0.25) is 0 Å². The number of carbonyl (C=O) groups is 1. The number of fused-ring (bicyclic) bond motifs is 1. The van der Waals surface area contributed by atoms with Crippen LogP contribution < -0.4 is 10.9 Å². The smallest absolute Gasteiger partial charge is 0.345 e. The Hall–Kier alpha value is -2.77. The SMILES string of the molecule is CCCCCCCCNCc1cc2cc(-c3[nH]c(=O)c(C(=O)O)c(O)c3CC)ccc2n1C.Cl. The van der Waals surface area contributed by atoms with Gasteiger partial charge in [-0.1, -0.05) is 52.0 Å². The Morgan fingerprint density at radius 3 is 2.47 bits per heavy atom. The fraction of sp³-hybridized carbons (Fsp3) is 0.462. The minimum atomic E-state index is -1.44. The summed E-state index contributed by atoms with van der Waals surface area (Å²) >= 11 is 0. The van der Waals surface area contributed by atoms with Crippen LogP contribution in [0.5, 0.6) is 5.75 Å². The number of carboxylic acid groups (broad SMARTS) is 1. The molecule has 2 heterocycles. The molecule has 0 saturated carbocycles. The largest absolute Gasteiger partial charge is 0.506 e. The van der Waals surface area contributed by atoms with Crippen molar-refractivity contribution in [3.05, 3.63) is 51.4 Å². The first-order valence-corrected chi connectivity index (χ1v) is 11.9. The van der Waals surface area contributed by atoms with Crippen LogP contribution in [0.4, 0.5) is 0 Å². The number of nitrogens with one attached hydrogen (secondary N) is 2. The summed E-state index contributed by atoms with van der Waals surface area (Å²) in [6, 6.07) is 7.97. The van der Waals surface area contributed by atoms with Crippen LogP contribution >= 0.6 is 12.4 Å². The molecule has 34 heavy (non-hydrogen) atoms. The number of aromatic carboxylic acids is 1. The van der Waals surface area contributed by atoms with Crippen LogP contribution in [0.1, 0.15) is 74.0 Å². The van der Waals surface area contributed by atoms with Crippen molar-refractivity contribution in [1.29, 1.82) is 0 Å². The first-order valence-electron chi connectivity index (χ1n) is 11.9. The van der Waals surface area contributed by atoms with Gasteiger partial charge in [-0.25, -0.2) is 4.79 Å². The van der Waals surface area contributed by atoms with Crippen molar-refractivity contribution >= 4 is 29.3 Å². The number of rotatable bonds is 12. The number of carboxylic acids is 1. The first-order chi connectivity index (χ1) is 15.9. The fourth-order valence-corrected chi connectivity index (χ4v) is 4.40. The number of hydrogen-bond acceptors (Lipinski definition) is 4. The maximum atomic E-state index is 12.3. The van der Waals surface area contributed by atoms with Gasteiger partial charge in [0.05, 0.1) is 5.69 Å². The lowest BCUT2D eigenvalue weighted by Crippen LogP contribution is -2.20. The second kappa shape index (κ2) is 12.6. The predicted molar refractivity (Wildman–Crippen MR) is 139 cm³/mol. The van der Waals surface area contributed by atoms with Crippen molar-refractivity contribution in [1.82, 2.24) is 14.9 Å². The molecule has 0 bridgehead atoms. The number of aromatic hydroxyl groups is 1. The lowest BCUT2D eigenvalue weighted by Gasteiger charge is -2.12. The standard InChI is InChI=1S/C26H35N3O4.ClH/c1-4-6-7-8-9-10-13-27-16-19-15-18-14-17(11-12-21(18)29(19)3)23-20(5-2)24(30)22(26(32)33)25(31)28-23;/h11-12,14-15,27H,4-10,13,16H2,1-3H3,(H,32,33)(H2,28,30,31);1H. The number of nitrogens with zero attached hydrogens (tertiary/aromatic N) is 1. The van der Waals surface area contributed by atoms with Crippen molar-refractivity contribution in [3.8, 4) is 17.0 Å². The van der Waals surface area contributed by atoms with Gasteiger partial charge in [0, 0.05) is 35.8 Å². The number of aromatic nitrogens is 2. The number of halogens is 1. The van der Waals surface area contributed by atoms with E-state index in [1.165, 1.54) is 44.2 Å². The van der Waals surface area contributed by atoms with Crippen molar-refractivity contribution < 1.29 is 15.0 Å². The van der Waals surface area contributed by atoms with Crippen LogP contribution in [0, 0.1) is 0 Å². The van der Waals surface area contributed by atoms with Crippen LogP contribution in [-0.4, -0.2) is 32.3 Å². The zero-order valence-electron chi connectivity index (χ0n) is 20.2. The van der Waals surface area contributed by atoms with E-state index in [1.807, 2.05) is 32.2 Å². The highest BCUT2D eigenvalue weighted by molar-refractivity contribution is 5.92. The number of H-pyrrole nitrogens is 1. The fourth-order valence-electron chi connectivity index (χ4n) is 4.40. The van der Waals surface area contributed by atoms with Gasteiger partial charge in [0.25, 0.3) is 5.56 Å². The summed E-state index contributed by atoms with van der Waals surface area (Å²) in [6.07, 6.45) is 8.05. The molecule has 0 radical (unpaired) electrons. The Morgan fingerprint density at radius 2 is 1.79 bits per heavy atom. The Labute approximate surface area is 206 Å². The third kappa shape index (κ3) is 6.02. The summed E-state index contributed by atoms with van der Waals surface area (Å²) in [5.41, 5.74) is 2.43. The van der Waals surface area contributed by atoms with E-state index < -0.39 is 22.8 Å². The lowest BCUT2D eigenvalue weighted by atomic mass is 9.99. The zero-order chi connectivity index (χ0) is 24.0. The maximum Gasteiger partial charge on any atom is 0.345 e. The highest BCUT2D eigenvalue weighted by atomic mass is 35.5. The number of pyridine rings is 1. The summed E-state index contributed by atoms with van der Waals surface area (Å²) in [6.45, 7) is 5.82. The van der Waals surface area contributed by atoms with E-state index >= 15 is 0 Å². The molecule has 3 aromatic rings. The molecule has 1 aromatic carbocycles. The van der Waals surface area contributed by atoms with Crippen LogP contribution in [0.15, 0.2) is 29.1 Å². The number of aromatic amines is 1. The van der Waals surface area contributed by atoms with Crippen LogP contribution in [0.3, 0.4) is 0 Å². The molecule has 8 heteroatoms. The van der Waals surface area contributed by atoms with Crippen molar-refractivity contribution in [2.75, 3.05) is 6.54 Å². The number of unbranched alkanes of at least 4 members (excludes halogenated alkanes) is 5. The third-order valence-electron chi connectivity index (χ3n) is 6.30. The van der Waals surface area contributed by atoms with E-state index in [-0.39, 0.29) is 12.4 Å². The number of benzene rings is 1. The average Bonchev–Trinajstić information content (AvgIpc) is 3.09. The van der Waals surface area contributed by atoms with Crippen molar-refractivity contribution in [2.45, 2.75) is 65.3 Å². The van der Waals surface area contributed by atoms with Gasteiger partial charge in [-0.05, 0) is 43.1 Å². The molecule has 0 spiro atoms. The summed E-state index contributed by atoms with van der Waals surface area (Å²) in [4.78, 5) is 26.3. The van der Waals surface area contributed by atoms with E-state index in [9.17, 15) is 19.8 Å². The normalized spacial score (nSPS) is 11.0. The molecule has 0 fully saturated rings. The monoisotopic (exact) mass is 489 g/mol. The van der Waals surface area contributed by atoms with E-state index in [4.69, 9.17) is 0 Å². The van der Waals surface area contributed by atoms with Gasteiger partial charge in [0.15, 0.2) is 5.56 Å². The predicted octanol–water partition coefficient (Wildman–Crippen LogP) is 5.37. The summed E-state index contributed by atoms with van der Waals surface area (Å²) in [5, 5.41) is 24.3. The Balaban J connectivity index is 0.00000408. The average molecular weight is 490 g/mol. The first kappa shape index (κ1) is 27.5. The van der Waals surface area contributed by atoms with Gasteiger partial charge in [-0.15, -0.1) is 12.4 Å². The van der Waals surface area contributed by atoms with E-state index in [0.717, 1.165) is 29.6 Å². The van der Waals surface area contributed by atoms with Gasteiger partial charge in [0.1, 0.15) is 5.75 Å². The summed E-state index contributed by atoms with van der Waals surface area (Å²) < 4.78 is 2.15. The molecule has 0 aliphatic carbocycles. The minimum Gasteiger partial charge on any atom is -0.506 e. The molecule has 0 saturated heterocycles. The lowest BCUT2D eigenvalue weighted by molar-refractivity contribution is 0.0691. The topological polar surface area (TPSA) is 107 Å². The molecule has 7 nitrogen and oxygen atoms in total. The second-order valence-electron chi connectivity index (χ2n) is 8.60. The molecule has 0 aliphatic heterocycles. The van der Waals surface area contributed by atoms with Crippen LogP contribution in [0.25, 0.3) is 22.2 Å². The Bertz CT molecular complexity index is 1180. The molecule has 2 aromatic heterocycles. The van der Waals surface area contributed by atoms with Crippen LogP contribution in [-0.2, 0) is 20.0 Å². The molecule has 0 atom stereocenters. The summed E-state index contributed by atoms with van der Waals surface area (Å²) in [7, 11) is 2.04. The zero-order valence-corrected chi connectivity index (χ0v) is 21.1. The maximum absolute atomic E-state index is 12.3. The Kier molecular flexibility index (Phi) is 10.2. The van der Waals surface area contributed by atoms with Gasteiger partial charge >= 0.3 is 5.97 Å². The molecule has 0 amide bonds. The van der Waals surface area contributed by atoms with Crippen molar-refractivity contribution in [3.63, 3.8) is 0 Å². The molecule has 0 unspecified atom stereocenters. The third-order valence-corrected chi connectivity index (χ3v) is 6.30. The van der Waals surface area contributed by atoms with Gasteiger partial charge in [-0.2, -0.15) is 0 Å². The second-order valence-corrected chi connectivity index (χ2v) is 8.60. The van der Waals surface area contributed by atoms with Gasteiger partial charge in [-0.3, -0.25) is 4.79 Å². The summed E-state index contributed by atoms with van der Waals surface area (Å²) in [5.74, 6) is -1.90. The van der Waals surface area contributed by atoms with E-state index in [1.54, 1.807) is 0 Å². The highest BCUT2D eigenvalue weighted by Crippen LogP contribution is 2.32.